The number of carboxylic acids is 1. The molecule has 0 spiro atoms. The fourth-order valence-corrected chi connectivity index (χ4v) is 2.31. The zero-order chi connectivity index (χ0) is 13.4. The van der Waals surface area contributed by atoms with Crippen LogP contribution in [0.25, 0.3) is 0 Å². The van der Waals surface area contributed by atoms with E-state index in [9.17, 15) is 4.79 Å². The largest absolute Gasteiger partial charge is 0.481 e. The van der Waals surface area contributed by atoms with Gasteiger partial charge in [-0.3, -0.25) is 4.79 Å². The Morgan fingerprint density at radius 1 is 1.44 bits per heavy atom. The minimum absolute atomic E-state index is 0.156. The van der Waals surface area contributed by atoms with Gasteiger partial charge in [0, 0.05) is 33.6 Å². The summed E-state index contributed by atoms with van der Waals surface area (Å²) in [5.41, 5.74) is 0. The Labute approximate surface area is 108 Å². The molecule has 0 saturated carbocycles. The Morgan fingerprint density at radius 3 is 2.78 bits per heavy atom. The summed E-state index contributed by atoms with van der Waals surface area (Å²) in [7, 11) is 3.33. The maximum absolute atomic E-state index is 10.3. The van der Waals surface area contributed by atoms with Crippen LogP contribution in [0.2, 0.25) is 0 Å². The first-order valence-electron chi connectivity index (χ1n) is 6.35. The van der Waals surface area contributed by atoms with Gasteiger partial charge in [0.25, 0.3) is 0 Å². The fourth-order valence-electron chi connectivity index (χ4n) is 2.31. The third-order valence-electron chi connectivity index (χ3n) is 3.39. The highest BCUT2D eigenvalue weighted by Gasteiger charge is 2.42. The number of ether oxygens (including phenoxy) is 2. The van der Waals surface area contributed by atoms with Gasteiger partial charge in [-0.2, -0.15) is 0 Å². The molecule has 0 aromatic heterocycles. The monoisotopic (exact) mass is 257 g/mol. The standard InChI is InChI=1S/C13H23NO4/c1-17-13(18-2)9-10-14-11(13)7-5-3-4-6-8-12(15)16/h3,5,11,14H,4,6-10H2,1-2H3,(H,15,16). The molecule has 0 aliphatic carbocycles. The van der Waals surface area contributed by atoms with Gasteiger partial charge in [0.05, 0.1) is 6.04 Å². The Morgan fingerprint density at radius 2 is 2.17 bits per heavy atom. The van der Waals surface area contributed by atoms with E-state index >= 15 is 0 Å². The summed E-state index contributed by atoms with van der Waals surface area (Å²) in [4.78, 5) is 10.3. The van der Waals surface area contributed by atoms with E-state index in [0.29, 0.717) is 6.42 Å². The predicted molar refractivity (Wildman–Crippen MR) is 68.4 cm³/mol. The Kier molecular flexibility index (Phi) is 6.32. The number of unbranched alkanes of at least 4 members (excludes halogenated alkanes) is 1. The second-order valence-corrected chi connectivity index (χ2v) is 4.47. The lowest BCUT2D eigenvalue weighted by atomic mass is 10.0. The van der Waals surface area contributed by atoms with Crippen LogP contribution in [0.15, 0.2) is 12.2 Å². The quantitative estimate of drug-likeness (QED) is 0.392. The molecule has 1 heterocycles. The van der Waals surface area contributed by atoms with Crippen molar-refractivity contribution in [2.75, 3.05) is 20.8 Å². The first-order valence-corrected chi connectivity index (χ1v) is 6.35. The molecule has 0 bridgehead atoms. The Balaban J connectivity index is 2.29. The predicted octanol–water partition coefficient (Wildman–Crippen LogP) is 1.54. The van der Waals surface area contributed by atoms with Crippen LogP contribution in [0.3, 0.4) is 0 Å². The highest BCUT2D eigenvalue weighted by atomic mass is 16.7. The van der Waals surface area contributed by atoms with Crippen molar-refractivity contribution in [2.24, 2.45) is 0 Å². The van der Waals surface area contributed by atoms with Crippen LogP contribution >= 0.6 is 0 Å². The highest BCUT2D eigenvalue weighted by molar-refractivity contribution is 5.66. The first-order chi connectivity index (χ1) is 8.64. The zero-order valence-corrected chi connectivity index (χ0v) is 11.1. The molecular weight excluding hydrogens is 234 g/mol. The molecule has 0 amide bonds. The lowest BCUT2D eigenvalue weighted by Crippen LogP contribution is -2.45. The number of carboxylic acid groups (broad SMARTS) is 1. The normalized spacial score (nSPS) is 22.7. The lowest BCUT2D eigenvalue weighted by Gasteiger charge is -2.31. The summed E-state index contributed by atoms with van der Waals surface area (Å²) >= 11 is 0. The highest BCUT2D eigenvalue weighted by Crippen LogP contribution is 2.28. The maximum atomic E-state index is 10.3. The molecule has 1 saturated heterocycles. The van der Waals surface area contributed by atoms with E-state index in [-0.39, 0.29) is 12.5 Å². The number of carbonyl (C=O) groups is 1. The van der Waals surface area contributed by atoms with Crippen molar-refractivity contribution in [3.63, 3.8) is 0 Å². The van der Waals surface area contributed by atoms with Gasteiger partial charge >= 0.3 is 5.97 Å². The molecule has 0 aromatic rings. The van der Waals surface area contributed by atoms with E-state index in [0.717, 1.165) is 25.8 Å². The van der Waals surface area contributed by atoms with Crippen molar-refractivity contribution in [3.8, 4) is 0 Å². The average Bonchev–Trinajstić information content (AvgIpc) is 2.76. The first kappa shape index (κ1) is 15.1. The van der Waals surface area contributed by atoms with Gasteiger partial charge in [0.1, 0.15) is 0 Å². The smallest absolute Gasteiger partial charge is 0.303 e. The van der Waals surface area contributed by atoms with Crippen LogP contribution in [-0.4, -0.2) is 43.7 Å². The van der Waals surface area contributed by atoms with Crippen molar-refractivity contribution in [1.82, 2.24) is 5.32 Å². The van der Waals surface area contributed by atoms with Gasteiger partial charge in [0.2, 0.25) is 0 Å². The van der Waals surface area contributed by atoms with E-state index in [1.807, 2.05) is 6.08 Å². The number of hydrogen-bond donors (Lipinski definition) is 2. The summed E-state index contributed by atoms with van der Waals surface area (Å²) < 4.78 is 10.9. The van der Waals surface area contributed by atoms with Crippen molar-refractivity contribution in [3.05, 3.63) is 12.2 Å². The molecule has 0 radical (unpaired) electrons. The molecule has 1 rings (SSSR count). The van der Waals surface area contributed by atoms with E-state index in [1.165, 1.54) is 0 Å². The van der Waals surface area contributed by atoms with Gasteiger partial charge in [-0.15, -0.1) is 0 Å². The van der Waals surface area contributed by atoms with Crippen molar-refractivity contribution >= 4 is 5.97 Å². The van der Waals surface area contributed by atoms with Crippen molar-refractivity contribution in [1.29, 1.82) is 0 Å². The number of allylic oxidation sites excluding steroid dienone is 1. The third kappa shape index (κ3) is 4.08. The summed E-state index contributed by atoms with van der Waals surface area (Å²) in [6, 6.07) is 0.156. The zero-order valence-electron chi connectivity index (χ0n) is 11.1. The number of hydrogen-bond acceptors (Lipinski definition) is 4. The van der Waals surface area contributed by atoms with Crippen LogP contribution in [-0.2, 0) is 14.3 Å². The second kappa shape index (κ2) is 7.51. The molecule has 104 valence electrons. The second-order valence-electron chi connectivity index (χ2n) is 4.47. The van der Waals surface area contributed by atoms with Crippen LogP contribution < -0.4 is 5.32 Å². The summed E-state index contributed by atoms with van der Waals surface area (Å²) in [6.07, 6.45) is 7.48. The molecule has 5 heteroatoms. The Bertz CT molecular complexity index is 287. The molecule has 1 atom stereocenters. The number of nitrogens with one attached hydrogen (secondary N) is 1. The average molecular weight is 257 g/mol. The van der Waals surface area contributed by atoms with Crippen LogP contribution in [0.4, 0.5) is 0 Å². The number of rotatable bonds is 8. The van der Waals surface area contributed by atoms with Crippen LogP contribution in [0, 0.1) is 0 Å². The molecular formula is C13H23NO4. The molecule has 1 fully saturated rings. The summed E-state index contributed by atoms with van der Waals surface area (Å²) in [5, 5.41) is 11.9. The fraction of sp³-hybridized carbons (Fsp3) is 0.769. The molecule has 1 aliphatic heterocycles. The van der Waals surface area contributed by atoms with Gasteiger partial charge in [0.15, 0.2) is 5.79 Å². The lowest BCUT2D eigenvalue weighted by molar-refractivity contribution is -0.210. The topological polar surface area (TPSA) is 67.8 Å². The molecule has 5 nitrogen and oxygen atoms in total. The van der Waals surface area contributed by atoms with Gasteiger partial charge in [-0.05, 0) is 19.3 Å². The maximum Gasteiger partial charge on any atom is 0.303 e. The van der Waals surface area contributed by atoms with E-state index < -0.39 is 11.8 Å². The third-order valence-corrected chi connectivity index (χ3v) is 3.39. The molecule has 18 heavy (non-hydrogen) atoms. The minimum Gasteiger partial charge on any atom is -0.481 e. The number of aliphatic carboxylic acids is 1. The molecule has 0 aromatic carbocycles. The minimum atomic E-state index is -0.737. The molecule has 1 unspecified atom stereocenters. The van der Waals surface area contributed by atoms with Gasteiger partial charge in [-0.1, -0.05) is 12.2 Å². The summed E-state index contributed by atoms with van der Waals surface area (Å²) in [6.45, 7) is 0.888. The molecule has 2 N–H and O–H groups in total. The van der Waals surface area contributed by atoms with E-state index in [2.05, 4.69) is 11.4 Å². The Hall–Kier alpha value is -0.910. The summed E-state index contributed by atoms with van der Waals surface area (Å²) in [5.74, 6) is -1.26. The SMILES string of the molecule is COC1(OC)CCNC1CC=CCCCC(=O)O. The van der Waals surface area contributed by atoms with Gasteiger partial charge < -0.3 is 19.9 Å². The van der Waals surface area contributed by atoms with E-state index in [1.54, 1.807) is 14.2 Å². The van der Waals surface area contributed by atoms with E-state index in [4.69, 9.17) is 14.6 Å². The van der Waals surface area contributed by atoms with Gasteiger partial charge in [-0.25, -0.2) is 0 Å². The van der Waals surface area contributed by atoms with Crippen LogP contribution in [0.1, 0.15) is 32.1 Å². The molecule has 1 aliphatic rings. The number of methoxy groups -OCH3 is 2. The van der Waals surface area contributed by atoms with Crippen molar-refractivity contribution in [2.45, 2.75) is 43.9 Å². The van der Waals surface area contributed by atoms with Crippen molar-refractivity contribution < 1.29 is 19.4 Å². The van der Waals surface area contributed by atoms with Crippen LogP contribution in [0.5, 0.6) is 0 Å².